The van der Waals surface area contributed by atoms with Crippen molar-refractivity contribution in [2.24, 2.45) is 0 Å². The number of aryl methyl sites for hydroxylation is 3. The fraction of sp³-hybridized carbons (Fsp3) is 0.481. The second-order valence-corrected chi connectivity index (χ2v) is 11.0. The highest BCUT2D eigenvalue weighted by molar-refractivity contribution is 7.18. The van der Waals surface area contributed by atoms with Crippen molar-refractivity contribution in [2.75, 3.05) is 38.1 Å². The second-order valence-electron chi connectivity index (χ2n) is 9.73. The molecule has 1 aromatic heterocycles. The van der Waals surface area contributed by atoms with E-state index in [1.54, 1.807) is 11.3 Å². The Morgan fingerprint density at radius 2 is 1.86 bits per heavy atom. The van der Waals surface area contributed by atoms with Crippen LogP contribution < -0.4 is 10.1 Å². The maximum absolute atomic E-state index is 12.7. The Morgan fingerprint density at radius 3 is 2.54 bits per heavy atom. The molecule has 0 saturated carbocycles. The van der Waals surface area contributed by atoms with E-state index in [0.29, 0.717) is 13.1 Å². The molecule has 3 aromatic rings. The highest BCUT2D eigenvalue weighted by atomic mass is 32.1. The largest absolute Gasteiger partial charge is 0.491 e. The molecule has 1 amide bonds. The number of fused-ring (bicyclic) bond motifs is 1. The lowest BCUT2D eigenvalue weighted by Crippen LogP contribution is -2.59. The molecule has 4 rings (SSSR count). The normalized spacial score (nSPS) is 20.2. The third kappa shape index (κ3) is 6.38. The number of carbonyl (C=O) groups is 1. The highest BCUT2D eigenvalue weighted by Gasteiger charge is 2.31. The van der Waals surface area contributed by atoms with Gasteiger partial charge in [0.1, 0.15) is 18.5 Å². The molecule has 0 aliphatic carbocycles. The summed E-state index contributed by atoms with van der Waals surface area (Å²) in [6.07, 6.45) is -0.605. The van der Waals surface area contributed by atoms with Gasteiger partial charge in [-0.3, -0.25) is 14.6 Å². The van der Waals surface area contributed by atoms with Crippen LogP contribution in [0.5, 0.6) is 5.75 Å². The van der Waals surface area contributed by atoms with Gasteiger partial charge in [0, 0.05) is 43.5 Å². The number of para-hydroxylation sites is 1. The van der Waals surface area contributed by atoms with Crippen molar-refractivity contribution in [3.05, 3.63) is 52.5 Å². The zero-order valence-electron chi connectivity index (χ0n) is 21.2. The number of nitrogens with zero attached hydrogens (tertiary/aromatic N) is 3. The minimum Gasteiger partial charge on any atom is -0.491 e. The van der Waals surface area contributed by atoms with E-state index >= 15 is 0 Å². The Bertz CT molecular complexity index is 1150. The molecule has 8 heteroatoms. The summed E-state index contributed by atoms with van der Waals surface area (Å²) in [6, 6.07) is 12.3. The molecule has 188 valence electrons. The van der Waals surface area contributed by atoms with Crippen molar-refractivity contribution in [3.63, 3.8) is 0 Å². The molecule has 1 aliphatic heterocycles. The molecular weight excluding hydrogens is 460 g/mol. The summed E-state index contributed by atoms with van der Waals surface area (Å²) < 4.78 is 7.01. The monoisotopic (exact) mass is 496 g/mol. The van der Waals surface area contributed by atoms with Crippen molar-refractivity contribution in [2.45, 2.75) is 52.8 Å². The third-order valence-corrected chi connectivity index (χ3v) is 7.57. The molecule has 0 bridgehead atoms. The molecule has 2 aromatic carbocycles. The molecular formula is C27H36N4O3S. The van der Waals surface area contributed by atoms with Gasteiger partial charge in [0.25, 0.3) is 0 Å². The van der Waals surface area contributed by atoms with E-state index in [-0.39, 0.29) is 24.6 Å². The molecule has 7 nitrogen and oxygen atoms in total. The van der Waals surface area contributed by atoms with Crippen molar-refractivity contribution in [1.29, 1.82) is 0 Å². The number of benzene rings is 2. The number of hydrogen-bond acceptors (Lipinski definition) is 7. The minimum atomic E-state index is -0.605. The van der Waals surface area contributed by atoms with Crippen LogP contribution in [0.15, 0.2) is 36.4 Å². The van der Waals surface area contributed by atoms with Crippen LogP contribution in [-0.2, 0) is 4.79 Å². The lowest BCUT2D eigenvalue weighted by Gasteiger charge is -2.45. The number of aliphatic hydroxyl groups excluding tert-OH is 1. The van der Waals surface area contributed by atoms with Gasteiger partial charge in [-0.25, -0.2) is 4.98 Å². The molecule has 35 heavy (non-hydrogen) atoms. The van der Waals surface area contributed by atoms with E-state index in [1.165, 1.54) is 0 Å². The van der Waals surface area contributed by atoms with Crippen molar-refractivity contribution in [1.82, 2.24) is 14.8 Å². The number of hydrogen-bond donors (Lipinski definition) is 2. The molecule has 1 fully saturated rings. The van der Waals surface area contributed by atoms with Gasteiger partial charge in [0.2, 0.25) is 5.91 Å². The third-order valence-electron chi connectivity index (χ3n) is 6.62. The number of rotatable bonds is 8. The standard InChI is InChI=1S/C27H36N4O3S/c1-17-7-6-8-18(2)27(17)29-26(33)15-30-12-19(3)31(20(4)13-30)14-22(32)16-34-23-9-10-25-24(11-23)28-21(5)35-25/h6-11,19-20,22,32H,12-16H2,1-5H3,(H,29,33). The number of β-amino-alcohol motifs (C(OH)–C–C–N with tert-alkyl or cyclic N) is 1. The van der Waals surface area contributed by atoms with Crippen LogP contribution in [0.1, 0.15) is 30.0 Å². The molecule has 0 radical (unpaired) electrons. The lowest BCUT2D eigenvalue weighted by molar-refractivity contribution is -0.118. The Morgan fingerprint density at radius 1 is 1.17 bits per heavy atom. The van der Waals surface area contributed by atoms with Gasteiger partial charge in [-0.2, -0.15) is 0 Å². The number of carbonyl (C=O) groups excluding carboxylic acids is 1. The predicted molar refractivity (Wildman–Crippen MR) is 142 cm³/mol. The summed E-state index contributed by atoms with van der Waals surface area (Å²) in [7, 11) is 0. The quantitative estimate of drug-likeness (QED) is 0.491. The van der Waals surface area contributed by atoms with E-state index in [2.05, 4.69) is 33.9 Å². The first-order valence-electron chi connectivity index (χ1n) is 12.2. The van der Waals surface area contributed by atoms with Crippen molar-refractivity contribution >= 4 is 33.1 Å². The van der Waals surface area contributed by atoms with Gasteiger partial charge in [0.15, 0.2) is 0 Å². The van der Waals surface area contributed by atoms with Crippen LogP contribution in [0.4, 0.5) is 5.69 Å². The number of ether oxygens (including phenoxy) is 1. The number of aromatic nitrogens is 1. The van der Waals surface area contributed by atoms with Crippen LogP contribution in [-0.4, -0.2) is 76.8 Å². The average molecular weight is 497 g/mol. The van der Waals surface area contributed by atoms with Gasteiger partial charge in [-0.15, -0.1) is 11.3 Å². The maximum atomic E-state index is 12.7. The summed E-state index contributed by atoms with van der Waals surface area (Å²) in [5, 5.41) is 14.8. The number of anilines is 1. The SMILES string of the molecule is Cc1nc2cc(OCC(O)CN3C(C)CN(CC(=O)Nc4c(C)cccc4C)CC3C)ccc2s1. The summed E-state index contributed by atoms with van der Waals surface area (Å²) in [5.74, 6) is 0.735. The fourth-order valence-corrected chi connectivity index (χ4v) is 5.76. The van der Waals surface area contributed by atoms with Gasteiger partial charge < -0.3 is 15.2 Å². The molecule has 0 spiro atoms. The zero-order chi connectivity index (χ0) is 25.1. The summed E-state index contributed by atoms with van der Waals surface area (Å²) in [4.78, 5) is 21.7. The van der Waals surface area contributed by atoms with E-state index in [1.807, 2.05) is 57.2 Å². The molecule has 1 aliphatic rings. The van der Waals surface area contributed by atoms with Gasteiger partial charge in [0.05, 0.1) is 21.8 Å². The first-order chi connectivity index (χ1) is 16.7. The first kappa shape index (κ1) is 25.6. The smallest absolute Gasteiger partial charge is 0.238 e. The summed E-state index contributed by atoms with van der Waals surface area (Å²) in [6.45, 7) is 13.0. The number of aliphatic hydroxyl groups is 1. The molecule has 3 atom stereocenters. The molecule has 2 heterocycles. The van der Waals surface area contributed by atoms with Crippen molar-refractivity contribution in [3.8, 4) is 5.75 Å². The summed E-state index contributed by atoms with van der Waals surface area (Å²) in [5.41, 5.74) is 3.98. The van der Waals surface area contributed by atoms with E-state index < -0.39 is 6.10 Å². The number of nitrogens with one attached hydrogen (secondary N) is 1. The molecule has 2 N–H and O–H groups in total. The second kappa shape index (κ2) is 11.0. The average Bonchev–Trinajstić information content (AvgIpc) is 3.16. The Labute approximate surface area is 211 Å². The van der Waals surface area contributed by atoms with Crippen molar-refractivity contribution < 1.29 is 14.6 Å². The van der Waals surface area contributed by atoms with Crippen LogP contribution >= 0.6 is 11.3 Å². The van der Waals surface area contributed by atoms with Gasteiger partial charge in [-0.05, 0) is 57.9 Å². The zero-order valence-corrected chi connectivity index (χ0v) is 22.1. The Hall–Kier alpha value is -2.52. The first-order valence-corrected chi connectivity index (χ1v) is 13.0. The number of thiazole rings is 1. The number of amides is 1. The lowest BCUT2D eigenvalue weighted by atomic mass is 10.1. The Balaban J connectivity index is 1.26. The summed E-state index contributed by atoms with van der Waals surface area (Å²) >= 11 is 1.66. The highest BCUT2D eigenvalue weighted by Crippen LogP contribution is 2.26. The van der Waals surface area contributed by atoms with Gasteiger partial charge in [-0.1, -0.05) is 18.2 Å². The fourth-order valence-electron chi connectivity index (χ4n) is 4.95. The minimum absolute atomic E-state index is 0.0101. The van der Waals surface area contributed by atoms with Crippen LogP contribution in [0.2, 0.25) is 0 Å². The van der Waals surface area contributed by atoms with E-state index in [4.69, 9.17) is 4.74 Å². The van der Waals surface area contributed by atoms with Crippen LogP contribution in [0.25, 0.3) is 10.2 Å². The molecule has 1 saturated heterocycles. The Kier molecular flexibility index (Phi) is 8.06. The predicted octanol–water partition coefficient (Wildman–Crippen LogP) is 3.99. The van der Waals surface area contributed by atoms with Crippen LogP contribution in [0, 0.1) is 20.8 Å². The van der Waals surface area contributed by atoms with Crippen LogP contribution in [0.3, 0.4) is 0 Å². The van der Waals surface area contributed by atoms with Gasteiger partial charge >= 0.3 is 0 Å². The number of piperazine rings is 1. The topological polar surface area (TPSA) is 77.9 Å². The van der Waals surface area contributed by atoms with E-state index in [9.17, 15) is 9.90 Å². The maximum Gasteiger partial charge on any atom is 0.238 e. The van der Waals surface area contributed by atoms with E-state index in [0.717, 1.165) is 50.9 Å². The molecule has 3 unspecified atom stereocenters.